The van der Waals surface area contributed by atoms with Gasteiger partial charge >= 0.3 is 5.97 Å². The maximum Gasteiger partial charge on any atom is 0.339 e. The SMILES string of the molecule is CCOC(=O)c1c(CN=C(N)N)sc2cc(-c3cccc4ccccc34)c(C3CCCc4ccccc43)cc12. The van der Waals surface area contributed by atoms with Gasteiger partial charge in [0.05, 0.1) is 18.7 Å². The van der Waals surface area contributed by atoms with Gasteiger partial charge in [-0.15, -0.1) is 11.3 Å². The molecular weight excluding hydrogens is 502 g/mol. The number of hydrogen-bond donors (Lipinski definition) is 2. The van der Waals surface area contributed by atoms with E-state index in [1.165, 1.54) is 38.6 Å². The highest BCUT2D eigenvalue weighted by Crippen LogP contribution is 2.46. The molecule has 6 rings (SSSR count). The van der Waals surface area contributed by atoms with Crippen LogP contribution in [0.5, 0.6) is 0 Å². The number of hydrogen-bond acceptors (Lipinski definition) is 4. The van der Waals surface area contributed by atoms with Crippen LogP contribution in [0.15, 0.2) is 83.9 Å². The minimum atomic E-state index is -0.336. The number of ether oxygens (including phenoxy) is 1. The summed E-state index contributed by atoms with van der Waals surface area (Å²) in [5, 5.41) is 3.32. The molecule has 1 aliphatic carbocycles. The number of guanidine groups is 1. The first-order valence-corrected chi connectivity index (χ1v) is 14.2. The number of aliphatic imine (C=N–C) groups is 1. The first-order valence-electron chi connectivity index (χ1n) is 13.4. The Balaban J connectivity index is 1.66. The standard InChI is InChI=1S/C33H31N3O2S/c1-2-38-32(37)31-28-17-26(24-15-7-11-20-9-3-5-13-22(20)24)27(18-29(28)39-30(31)19-36-33(34)35)25-16-8-12-21-10-4-6-14-23(21)25/h3-6,8-10,12-14,16-18,24H,2,7,11,15,19H2,1H3,(H4,34,35,36). The normalized spacial score (nSPS) is 14.7. The number of rotatable bonds is 6. The highest BCUT2D eigenvalue weighted by atomic mass is 32.1. The zero-order valence-corrected chi connectivity index (χ0v) is 22.8. The van der Waals surface area contributed by atoms with Crippen molar-refractivity contribution >= 4 is 44.1 Å². The van der Waals surface area contributed by atoms with E-state index in [0.29, 0.717) is 12.2 Å². The molecule has 0 saturated carbocycles. The van der Waals surface area contributed by atoms with Gasteiger partial charge in [0.1, 0.15) is 0 Å². The summed E-state index contributed by atoms with van der Waals surface area (Å²) in [6.45, 7) is 2.36. The first-order chi connectivity index (χ1) is 19.0. The maximum atomic E-state index is 13.3. The van der Waals surface area contributed by atoms with Crippen molar-refractivity contribution in [1.29, 1.82) is 0 Å². The van der Waals surface area contributed by atoms with Crippen LogP contribution >= 0.6 is 11.3 Å². The van der Waals surface area contributed by atoms with E-state index in [1.807, 2.05) is 6.92 Å². The Labute approximate surface area is 232 Å². The number of thiophene rings is 1. The summed E-state index contributed by atoms with van der Waals surface area (Å²) in [7, 11) is 0. The number of benzene rings is 4. The molecule has 4 aromatic carbocycles. The lowest BCUT2D eigenvalue weighted by Gasteiger charge is -2.28. The Morgan fingerprint density at radius 2 is 1.74 bits per heavy atom. The van der Waals surface area contributed by atoms with Gasteiger partial charge in [-0.2, -0.15) is 0 Å². The molecule has 0 radical (unpaired) electrons. The van der Waals surface area contributed by atoms with Crippen molar-refractivity contribution in [2.45, 2.75) is 38.6 Å². The van der Waals surface area contributed by atoms with Gasteiger partial charge in [0, 0.05) is 20.9 Å². The lowest BCUT2D eigenvalue weighted by atomic mass is 9.76. The average Bonchev–Trinajstić information content (AvgIpc) is 3.32. The predicted molar refractivity (Wildman–Crippen MR) is 161 cm³/mol. The number of carbonyl (C=O) groups excluding carboxylic acids is 1. The predicted octanol–water partition coefficient (Wildman–Crippen LogP) is 7.14. The Hall–Kier alpha value is -4.16. The smallest absolute Gasteiger partial charge is 0.339 e. The lowest BCUT2D eigenvalue weighted by molar-refractivity contribution is 0.0528. The minimum absolute atomic E-state index is 0.00166. The van der Waals surface area contributed by atoms with Crippen molar-refractivity contribution in [3.8, 4) is 11.1 Å². The summed E-state index contributed by atoms with van der Waals surface area (Å²) >= 11 is 1.56. The number of carbonyl (C=O) groups is 1. The van der Waals surface area contributed by atoms with Crippen LogP contribution in [0.2, 0.25) is 0 Å². The lowest BCUT2D eigenvalue weighted by Crippen LogP contribution is -2.22. The molecule has 0 fully saturated rings. The number of fused-ring (bicyclic) bond motifs is 3. The largest absolute Gasteiger partial charge is 0.462 e. The summed E-state index contributed by atoms with van der Waals surface area (Å²) in [5.41, 5.74) is 18.3. The molecule has 6 heteroatoms. The van der Waals surface area contributed by atoms with E-state index in [9.17, 15) is 4.79 Å². The van der Waals surface area contributed by atoms with Gasteiger partial charge in [-0.1, -0.05) is 66.7 Å². The molecule has 1 aliphatic rings. The molecule has 1 unspecified atom stereocenters. The number of aryl methyl sites for hydroxylation is 1. The molecule has 1 aromatic heterocycles. The summed E-state index contributed by atoms with van der Waals surface area (Å²) in [6.07, 6.45) is 3.27. The second kappa shape index (κ2) is 10.5. The highest BCUT2D eigenvalue weighted by molar-refractivity contribution is 7.19. The third-order valence-corrected chi connectivity index (χ3v) is 8.78. The summed E-state index contributed by atoms with van der Waals surface area (Å²) in [6, 6.07) is 28.3. The van der Waals surface area contributed by atoms with E-state index < -0.39 is 0 Å². The molecule has 196 valence electrons. The van der Waals surface area contributed by atoms with E-state index >= 15 is 0 Å². The second-order valence-electron chi connectivity index (χ2n) is 9.97. The van der Waals surface area contributed by atoms with Crippen LogP contribution in [-0.4, -0.2) is 18.5 Å². The number of esters is 1. The maximum absolute atomic E-state index is 13.3. The zero-order chi connectivity index (χ0) is 26.9. The van der Waals surface area contributed by atoms with Gasteiger partial charge in [-0.05, 0) is 76.9 Å². The summed E-state index contributed by atoms with van der Waals surface area (Å²) < 4.78 is 6.54. The number of nitrogens with zero attached hydrogens (tertiary/aromatic N) is 1. The fraction of sp³-hybridized carbons (Fsp3) is 0.212. The Morgan fingerprint density at radius 1 is 0.949 bits per heavy atom. The van der Waals surface area contributed by atoms with Crippen molar-refractivity contribution in [1.82, 2.24) is 0 Å². The van der Waals surface area contributed by atoms with Gasteiger partial charge in [0.15, 0.2) is 5.96 Å². The minimum Gasteiger partial charge on any atom is -0.462 e. The van der Waals surface area contributed by atoms with Crippen LogP contribution in [0.1, 0.15) is 57.6 Å². The zero-order valence-electron chi connectivity index (χ0n) is 21.9. The van der Waals surface area contributed by atoms with E-state index in [1.54, 1.807) is 11.3 Å². The van der Waals surface area contributed by atoms with Crippen LogP contribution < -0.4 is 11.5 Å². The molecule has 0 saturated heterocycles. The van der Waals surface area contributed by atoms with Crippen LogP contribution in [0.25, 0.3) is 32.0 Å². The van der Waals surface area contributed by atoms with Crippen LogP contribution in [0, 0.1) is 0 Å². The van der Waals surface area contributed by atoms with Gasteiger partial charge < -0.3 is 16.2 Å². The molecule has 0 aliphatic heterocycles. The summed E-state index contributed by atoms with van der Waals surface area (Å²) in [4.78, 5) is 18.3. The van der Waals surface area contributed by atoms with Gasteiger partial charge in [-0.25, -0.2) is 9.79 Å². The van der Waals surface area contributed by atoms with Gasteiger partial charge in [0.2, 0.25) is 0 Å². The average molecular weight is 534 g/mol. The quantitative estimate of drug-likeness (QED) is 0.138. The monoisotopic (exact) mass is 533 g/mol. The Bertz CT molecular complexity index is 1730. The molecule has 0 bridgehead atoms. The first kappa shape index (κ1) is 25.1. The molecule has 5 nitrogen and oxygen atoms in total. The van der Waals surface area contributed by atoms with Crippen molar-refractivity contribution in [3.63, 3.8) is 0 Å². The van der Waals surface area contributed by atoms with Crippen molar-refractivity contribution in [3.05, 3.63) is 106 Å². The molecule has 4 N–H and O–H groups in total. The van der Waals surface area contributed by atoms with Crippen LogP contribution in [0.3, 0.4) is 0 Å². The fourth-order valence-electron chi connectivity index (χ4n) is 5.97. The topological polar surface area (TPSA) is 90.7 Å². The van der Waals surface area contributed by atoms with Gasteiger partial charge in [0.25, 0.3) is 0 Å². The highest BCUT2D eigenvalue weighted by Gasteiger charge is 2.28. The summed E-state index contributed by atoms with van der Waals surface area (Å²) in [5.74, 6) is -0.111. The Kier molecular flexibility index (Phi) is 6.79. The van der Waals surface area contributed by atoms with Crippen molar-refractivity contribution in [2.24, 2.45) is 16.5 Å². The van der Waals surface area contributed by atoms with Gasteiger partial charge in [-0.3, -0.25) is 0 Å². The van der Waals surface area contributed by atoms with E-state index in [-0.39, 0.29) is 24.4 Å². The molecule has 0 spiro atoms. The van der Waals surface area contributed by atoms with Crippen LogP contribution in [0.4, 0.5) is 0 Å². The Morgan fingerprint density at radius 3 is 2.59 bits per heavy atom. The molecule has 0 amide bonds. The molecule has 5 aromatic rings. The van der Waals surface area contributed by atoms with Crippen molar-refractivity contribution in [2.75, 3.05) is 6.61 Å². The van der Waals surface area contributed by atoms with E-state index in [0.717, 1.165) is 34.2 Å². The third-order valence-electron chi connectivity index (χ3n) is 7.64. The number of nitrogens with two attached hydrogens (primary N) is 2. The second-order valence-corrected chi connectivity index (χ2v) is 11.1. The fourth-order valence-corrected chi connectivity index (χ4v) is 7.11. The third kappa shape index (κ3) is 4.66. The molecule has 1 heterocycles. The molecule has 1 atom stereocenters. The molecular formula is C33H31N3O2S. The van der Waals surface area contributed by atoms with Crippen LogP contribution in [-0.2, 0) is 17.7 Å². The van der Waals surface area contributed by atoms with E-state index in [2.05, 4.69) is 83.9 Å². The van der Waals surface area contributed by atoms with Crippen molar-refractivity contribution < 1.29 is 9.53 Å². The molecule has 39 heavy (non-hydrogen) atoms. The van der Waals surface area contributed by atoms with E-state index in [4.69, 9.17) is 16.2 Å².